The van der Waals surface area contributed by atoms with E-state index in [0.29, 0.717) is 0 Å². The van der Waals surface area contributed by atoms with Gasteiger partial charge in [0.1, 0.15) is 11.1 Å². The number of thiazole rings is 1. The van der Waals surface area contributed by atoms with E-state index in [4.69, 9.17) is 9.84 Å². The summed E-state index contributed by atoms with van der Waals surface area (Å²) in [5.41, 5.74) is 0. The third kappa shape index (κ3) is 1.82. The molecule has 1 aromatic rings. The molecule has 1 aliphatic rings. The lowest BCUT2D eigenvalue weighted by Gasteiger charge is -2.12. The molecule has 0 bridgehead atoms. The quantitative estimate of drug-likeness (QED) is 0.832. The number of aromatic nitrogens is 1. The largest absolute Gasteiger partial charge is 0.396 e. The molecule has 3 nitrogen and oxygen atoms in total. The third-order valence-electron chi connectivity index (χ3n) is 2.61. The highest BCUT2D eigenvalue weighted by atomic mass is 32.1. The lowest BCUT2D eigenvalue weighted by atomic mass is 10.0. The van der Waals surface area contributed by atoms with Crippen molar-refractivity contribution in [1.82, 2.24) is 4.98 Å². The molecule has 0 amide bonds. The Morgan fingerprint density at radius 2 is 2.57 bits per heavy atom. The molecule has 2 rings (SSSR count). The smallest absolute Gasteiger partial charge is 0.122 e. The molecule has 2 heterocycles. The number of hydrogen-bond donors (Lipinski definition) is 1. The fraction of sp³-hybridized carbons (Fsp3) is 0.700. The molecular weight excluding hydrogens is 198 g/mol. The third-order valence-corrected chi connectivity index (χ3v) is 3.82. The highest BCUT2D eigenvalue weighted by molar-refractivity contribution is 7.11. The topological polar surface area (TPSA) is 42.4 Å². The van der Waals surface area contributed by atoms with Crippen molar-refractivity contribution >= 4 is 11.3 Å². The first-order valence-corrected chi connectivity index (χ1v) is 5.83. The Hall–Kier alpha value is -0.450. The molecule has 4 heteroatoms. The van der Waals surface area contributed by atoms with E-state index in [9.17, 15) is 0 Å². The Morgan fingerprint density at radius 3 is 3.21 bits per heavy atom. The van der Waals surface area contributed by atoms with Crippen LogP contribution < -0.4 is 0 Å². The van der Waals surface area contributed by atoms with Crippen LogP contribution in [0.2, 0.25) is 0 Å². The van der Waals surface area contributed by atoms with Crippen LogP contribution in [0.1, 0.15) is 29.3 Å². The van der Waals surface area contributed by atoms with Crippen molar-refractivity contribution in [2.45, 2.75) is 25.9 Å². The maximum absolute atomic E-state index is 9.16. The summed E-state index contributed by atoms with van der Waals surface area (Å²) in [7, 11) is 0. The summed E-state index contributed by atoms with van der Waals surface area (Å²) in [4.78, 5) is 5.63. The van der Waals surface area contributed by atoms with Gasteiger partial charge in [-0.2, -0.15) is 0 Å². The van der Waals surface area contributed by atoms with Crippen molar-refractivity contribution in [3.05, 3.63) is 16.1 Å². The van der Waals surface area contributed by atoms with Crippen LogP contribution in [0.25, 0.3) is 0 Å². The summed E-state index contributed by atoms with van der Waals surface area (Å²) in [5, 5.41) is 10.2. The lowest BCUT2D eigenvalue weighted by Crippen LogP contribution is -2.10. The maximum Gasteiger partial charge on any atom is 0.122 e. The predicted molar refractivity (Wildman–Crippen MR) is 55.4 cm³/mol. The summed E-state index contributed by atoms with van der Waals surface area (Å²) in [6, 6.07) is 0. The van der Waals surface area contributed by atoms with Gasteiger partial charge in [0, 0.05) is 30.2 Å². The molecule has 0 aliphatic carbocycles. The van der Waals surface area contributed by atoms with Crippen molar-refractivity contribution in [3.8, 4) is 0 Å². The number of aliphatic hydroxyl groups is 1. The molecule has 1 aromatic heterocycles. The van der Waals surface area contributed by atoms with Crippen LogP contribution >= 0.6 is 11.3 Å². The van der Waals surface area contributed by atoms with Crippen LogP contribution in [0.15, 0.2) is 6.20 Å². The van der Waals surface area contributed by atoms with Gasteiger partial charge in [-0.05, 0) is 12.8 Å². The van der Waals surface area contributed by atoms with Crippen molar-refractivity contribution in [3.63, 3.8) is 0 Å². The number of nitrogens with zero attached hydrogens (tertiary/aromatic N) is 1. The second kappa shape index (κ2) is 4.38. The van der Waals surface area contributed by atoms with Crippen LogP contribution in [-0.2, 0) is 11.2 Å². The SMILES string of the molecule is CCc1cnc(C2OCCC2CO)s1. The highest BCUT2D eigenvalue weighted by Crippen LogP contribution is 2.36. The van der Waals surface area contributed by atoms with Gasteiger partial charge in [0.2, 0.25) is 0 Å². The summed E-state index contributed by atoms with van der Waals surface area (Å²) in [5.74, 6) is 0.242. The molecule has 2 unspecified atom stereocenters. The standard InChI is InChI=1S/C10H15NO2S/c1-2-8-5-11-10(14-8)9-7(6-12)3-4-13-9/h5,7,9,12H,2-4,6H2,1H3. The van der Waals surface area contributed by atoms with E-state index in [2.05, 4.69) is 11.9 Å². The Bertz CT molecular complexity index is 300. The predicted octanol–water partition coefficient (Wildman–Crippen LogP) is 1.78. The van der Waals surface area contributed by atoms with Crippen molar-refractivity contribution in [1.29, 1.82) is 0 Å². The Balaban J connectivity index is 2.13. The van der Waals surface area contributed by atoms with Crippen LogP contribution in [0, 0.1) is 5.92 Å². The van der Waals surface area contributed by atoms with E-state index in [-0.39, 0.29) is 18.6 Å². The zero-order valence-electron chi connectivity index (χ0n) is 8.27. The summed E-state index contributed by atoms with van der Waals surface area (Å²) >= 11 is 1.70. The minimum Gasteiger partial charge on any atom is -0.396 e. The van der Waals surface area contributed by atoms with E-state index in [1.54, 1.807) is 11.3 Å². The van der Waals surface area contributed by atoms with Gasteiger partial charge in [0.05, 0.1) is 0 Å². The minimum absolute atomic E-state index is 0.0327. The number of ether oxygens (including phenoxy) is 1. The average molecular weight is 213 g/mol. The summed E-state index contributed by atoms with van der Waals surface area (Å²) in [6.45, 7) is 3.07. The molecule has 78 valence electrons. The number of rotatable bonds is 3. The molecule has 0 radical (unpaired) electrons. The van der Waals surface area contributed by atoms with Gasteiger partial charge in [0.15, 0.2) is 0 Å². The van der Waals surface area contributed by atoms with Crippen LogP contribution in [0.5, 0.6) is 0 Å². The Labute approximate surface area is 87.7 Å². The molecule has 1 N–H and O–H groups in total. The van der Waals surface area contributed by atoms with E-state index in [1.807, 2.05) is 6.20 Å². The van der Waals surface area contributed by atoms with Crippen molar-refractivity contribution < 1.29 is 9.84 Å². The molecule has 2 atom stereocenters. The van der Waals surface area contributed by atoms with Crippen LogP contribution in [0.4, 0.5) is 0 Å². The number of hydrogen-bond acceptors (Lipinski definition) is 4. The zero-order valence-corrected chi connectivity index (χ0v) is 9.09. The van der Waals surface area contributed by atoms with Gasteiger partial charge in [-0.15, -0.1) is 11.3 Å². The molecule has 1 fully saturated rings. The summed E-state index contributed by atoms with van der Waals surface area (Å²) < 4.78 is 5.59. The normalized spacial score (nSPS) is 27.0. The molecule has 0 spiro atoms. The van der Waals surface area contributed by atoms with E-state index < -0.39 is 0 Å². The van der Waals surface area contributed by atoms with Crippen LogP contribution in [-0.4, -0.2) is 23.3 Å². The van der Waals surface area contributed by atoms with Gasteiger partial charge in [-0.25, -0.2) is 4.98 Å². The number of aryl methyl sites for hydroxylation is 1. The molecule has 0 aromatic carbocycles. The fourth-order valence-electron chi connectivity index (χ4n) is 1.71. The Morgan fingerprint density at radius 1 is 1.71 bits per heavy atom. The number of aliphatic hydroxyl groups excluding tert-OH is 1. The molecular formula is C10H15NO2S. The molecule has 1 saturated heterocycles. The minimum atomic E-state index is 0.0327. The highest BCUT2D eigenvalue weighted by Gasteiger charge is 2.31. The Kier molecular flexibility index (Phi) is 3.15. The van der Waals surface area contributed by atoms with Gasteiger partial charge >= 0.3 is 0 Å². The van der Waals surface area contributed by atoms with E-state index in [0.717, 1.165) is 24.5 Å². The van der Waals surface area contributed by atoms with E-state index in [1.165, 1.54) is 4.88 Å². The fourth-order valence-corrected chi connectivity index (χ4v) is 2.71. The van der Waals surface area contributed by atoms with Crippen molar-refractivity contribution in [2.75, 3.05) is 13.2 Å². The van der Waals surface area contributed by atoms with Gasteiger partial charge in [-0.3, -0.25) is 0 Å². The summed E-state index contributed by atoms with van der Waals surface area (Å²) in [6.07, 6.45) is 3.91. The molecule has 0 saturated carbocycles. The van der Waals surface area contributed by atoms with Gasteiger partial charge < -0.3 is 9.84 Å². The van der Waals surface area contributed by atoms with Gasteiger partial charge in [0.25, 0.3) is 0 Å². The second-order valence-electron chi connectivity index (χ2n) is 3.54. The van der Waals surface area contributed by atoms with E-state index >= 15 is 0 Å². The van der Waals surface area contributed by atoms with Crippen molar-refractivity contribution in [2.24, 2.45) is 5.92 Å². The first-order valence-electron chi connectivity index (χ1n) is 5.02. The monoisotopic (exact) mass is 213 g/mol. The van der Waals surface area contributed by atoms with Crippen LogP contribution in [0.3, 0.4) is 0 Å². The van der Waals surface area contributed by atoms with Gasteiger partial charge in [-0.1, -0.05) is 6.92 Å². The lowest BCUT2D eigenvalue weighted by molar-refractivity contribution is 0.0718. The molecule has 14 heavy (non-hydrogen) atoms. The first-order chi connectivity index (χ1) is 6.85. The first kappa shape index (κ1) is 10.1. The maximum atomic E-state index is 9.16. The molecule has 1 aliphatic heterocycles. The average Bonchev–Trinajstić information content (AvgIpc) is 2.85. The zero-order chi connectivity index (χ0) is 9.97. The second-order valence-corrected chi connectivity index (χ2v) is 4.69.